The number of halogens is 3. The number of alkyl halides is 3. The Morgan fingerprint density at radius 2 is 1.77 bits per heavy atom. The molecule has 2 rings (SSSR count). The molecule has 0 radical (unpaired) electrons. The van der Waals surface area contributed by atoms with E-state index in [0.29, 0.717) is 4.90 Å². The molecule has 176 valence electrons. The minimum Gasteiger partial charge on any atom is -0.454 e. The lowest BCUT2D eigenvalue weighted by Crippen LogP contribution is -2.51. The summed E-state index contributed by atoms with van der Waals surface area (Å²) in [6.45, 7) is 3.61. The maximum atomic E-state index is 12.8. The molecule has 2 N–H and O–H groups in total. The number of hydrogen-bond acceptors (Lipinski definition) is 10. The molecule has 0 aliphatic carbocycles. The Morgan fingerprint density at radius 1 is 1.19 bits per heavy atom. The highest BCUT2D eigenvalue weighted by molar-refractivity contribution is 7.87. The molecule has 0 saturated carbocycles. The fourth-order valence-electron chi connectivity index (χ4n) is 3.19. The molecule has 0 aromatic carbocycles. The molecule has 0 aromatic heterocycles. The molecule has 15 heteroatoms. The smallest absolute Gasteiger partial charge is 0.454 e. The van der Waals surface area contributed by atoms with Crippen molar-refractivity contribution in [2.24, 2.45) is 0 Å². The molecular formula is C16H20F3NO10S. The van der Waals surface area contributed by atoms with Gasteiger partial charge < -0.3 is 23.9 Å². The van der Waals surface area contributed by atoms with Crippen LogP contribution in [0.1, 0.15) is 27.2 Å². The molecule has 1 saturated heterocycles. The minimum absolute atomic E-state index is 0.128. The van der Waals surface area contributed by atoms with Gasteiger partial charge in [0.2, 0.25) is 0 Å². The van der Waals surface area contributed by atoms with Crippen molar-refractivity contribution in [2.75, 3.05) is 6.61 Å². The summed E-state index contributed by atoms with van der Waals surface area (Å²) < 4.78 is 75.1. The zero-order valence-corrected chi connectivity index (χ0v) is 17.3. The summed E-state index contributed by atoms with van der Waals surface area (Å²) in [5, 5.41) is 20.6. The summed E-state index contributed by atoms with van der Waals surface area (Å²) in [5.41, 5.74) is -7.89. The molecule has 0 unspecified atom stereocenters. The maximum absolute atomic E-state index is 12.8. The fraction of sp³-hybridized carbons (Fsp3) is 0.688. The molecule has 2 bridgehead atoms. The van der Waals surface area contributed by atoms with Crippen LogP contribution in [0.4, 0.5) is 18.0 Å². The zero-order valence-electron chi connectivity index (χ0n) is 16.5. The molecule has 4 atom stereocenters. The van der Waals surface area contributed by atoms with Crippen molar-refractivity contribution in [2.45, 2.75) is 62.6 Å². The van der Waals surface area contributed by atoms with Crippen LogP contribution < -0.4 is 0 Å². The Kier molecular flexibility index (Phi) is 6.64. The van der Waals surface area contributed by atoms with E-state index in [2.05, 4.69) is 8.92 Å². The summed E-state index contributed by atoms with van der Waals surface area (Å²) in [4.78, 5) is 36.2. The molecule has 0 spiro atoms. The normalized spacial score (nSPS) is 26.5. The predicted octanol–water partition coefficient (Wildman–Crippen LogP) is -0.0378. The highest BCUT2D eigenvalue weighted by Crippen LogP contribution is 2.43. The maximum Gasteiger partial charge on any atom is 0.534 e. The van der Waals surface area contributed by atoms with Crippen LogP contribution in [0.5, 0.6) is 0 Å². The third-order valence-electron chi connectivity index (χ3n) is 4.32. The van der Waals surface area contributed by atoms with Crippen molar-refractivity contribution < 1.29 is 59.8 Å². The first-order valence-electron chi connectivity index (χ1n) is 8.74. The van der Waals surface area contributed by atoms with Crippen molar-refractivity contribution in [1.29, 1.82) is 0 Å². The van der Waals surface area contributed by atoms with E-state index in [1.165, 1.54) is 20.8 Å². The largest absolute Gasteiger partial charge is 0.534 e. The second kappa shape index (κ2) is 8.27. The summed E-state index contributed by atoms with van der Waals surface area (Å²) in [6.07, 6.45) is -5.62. The van der Waals surface area contributed by atoms with E-state index < -0.39 is 81.9 Å². The van der Waals surface area contributed by atoms with Crippen molar-refractivity contribution in [3.63, 3.8) is 0 Å². The summed E-state index contributed by atoms with van der Waals surface area (Å²) in [7, 11) is -6.24. The van der Waals surface area contributed by atoms with Crippen LogP contribution in [0, 0.1) is 0 Å². The lowest BCUT2D eigenvalue weighted by atomic mass is 9.99. The van der Waals surface area contributed by atoms with Crippen LogP contribution in [0.25, 0.3) is 0 Å². The van der Waals surface area contributed by atoms with Crippen LogP contribution >= 0.6 is 0 Å². The molecular weight excluding hydrogens is 455 g/mol. The van der Waals surface area contributed by atoms with E-state index >= 15 is 0 Å². The number of rotatable bonds is 5. The number of carbonyl (C=O) groups excluding carboxylic acids is 3. The summed E-state index contributed by atoms with van der Waals surface area (Å²) >= 11 is 0. The average Bonchev–Trinajstić information content (AvgIpc) is 2.77. The first-order valence-corrected chi connectivity index (χ1v) is 10.1. The van der Waals surface area contributed by atoms with Gasteiger partial charge in [0.25, 0.3) is 0 Å². The number of esters is 1. The lowest BCUT2D eigenvalue weighted by Gasteiger charge is -2.37. The van der Waals surface area contributed by atoms with Crippen LogP contribution in [0.3, 0.4) is 0 Å². The molecule has 11 nitrogen and oxygen atoms in total. The van der Waals surface area contributed by atoms with Gasteiger partial charge in [0, 0.05) is 6.42 Å². The Hall–Kier alpha value is -2.39. The van der Waals surface area contributed by atoms with E-state index in [4.69, 9.17) is 4.74 Å². The third kappa shape index (κ3) is 4.93. The van der Waals surface area contributed by atoms with Crippen molar-refractivity contribution in [3.8, 4) is 0 Å². The van der Waals surface area contributed by atoms with Gasteiger partial charge in [0.05, 0.1) is 12.1 Å². The molecule has 2 aliphatic heterocycles. The predicted molar refractivity (Wildman–Crippen MR) is 92.4 cm³/mol. The van der Waals surface area contributed by atoms with Gasteiger partial charge in [0.15, 0.2) is 6.29 Å². The topological polar surface area (TPSA) is 157 Å². The zero-order chi connectivity index (χ0) is 23.9. The average molecular weight is 475 g/mol. The molecule has 31 heavy (non-hydrogen) atoms. The first kappa shape index (κ1) is 24.9. The van der Waals surface area contributed by atoms with Gasteiger partial charge in [-0.2, -0.15) is 21.6 Å². The number of amides is 1. The highest BCUT2D eigenvalue weighted by atomic mass is 32.2. The third-order valence-corrected chi connectivity index (χ3v) is 5.30. The van der Waals surface area contributed by atoms with Crippen molar-refractivity contribution in [1.82, 2.24) is 4.90 Å². The minimum atomic E-state index is -6.24. The Morgan fingerprint density at radius 3 is 2.26 bits per heavy atom. The standard InChI is InChI=1S/C16H20F3NO10S/c1-15(2,3)29-14(25)20-7-6-8(30-31(26,27)16(17,18)19)9(13(24)28-5-4-21)10(20)12(23)11(7)22/h4,7,10-12,22-23H,5-6H2,1-3H3/t7-,10-,11-,12-/m1/s1. The quantitative estimate of drug-likeness (QED) is 0.239. The first-order chi connectivity index (χ1) is 14.0. The van der Waals surface area contributed by atoms with E-state index in [1.807, 2.05) is 0 Å². The number of aldehydes is 1. The van der Waals surface area contributed by atoms with Crippen LogP contribution in [-0.4, -0.2) is 83.9 Å². The van der Waals surface area contributed by atoms with Gasteiger partial charge in [-0.25, -0.2) is 9.59 Å². The van der Waals surface area contributed by atoms with Gasteiger partial charge in [-0.15, -0.1) is 0 Å². The van der Waals surface area contributed by atoms with E-state index in [-0.39, 0.29) is 6.29 Å². The molecule has 2 heterocycles. The van der Waals surface area contributed by atoms with Gasteiger partial charge >= 0.3 is 27.7 Å². The van der Waals surface area contributed by atoms with Crippen molar-refractivity contribution in [3.05, 3.63) is 11.3 Å². The SMILES string of the molecule is CC(C)(C)OC(=O)N1[C@@H]2CC(OS(=O)(=O)C(F)(F)F)=C(C(=O)OCC=O)[C@@H]1[C@@H](O)[C@@H]2O. The Labute approximate surface area is 174 Å². The number of aliphatic hydroxyl groups is 2. The van der Waals surface area contributed by atoms with E-state index in [0.717, 1.165) is 0 Å². The number of nitrogens with zero attached hydrogens (tertiary/aromatic N) is 1. The van der Waals surface area contributed by atoms with E-state index in [1.54, 1.807) is 0 Å². The molecule has 2 aliphatic rings. The van der Waals surface area contributed by atoms with Crippen LogP contribution in [0.15, 0.2) is 11.3 Å². The monoisotopic (exact) mass is 475 g/mol. The summed E-state index contributed by atoms with van der Waals surface area (Å²) in [6, 6.07) is -3.34. The Bertz CT molecular complexity index is 892. The van der Waals surface area contributed by atoms with Crippen LogP contribution in [-0.2, 0) is 33.4 Å². The van der Waals surface area contributed by atoms with Gasteiger partial charge in [0.1, 0.15) is 35.7 Å². The molecule has 0 aromatic rings. The second-order valence-electron chi connectivity index (χ2n) is 7.67. The summed E-state index contributed by atoms with van der Waals surface area (Å²) in [5.74, 6) is -2.61. The van der Waals surface area contributed by atoms with Crippen LogP contribution in [0.2, 0.25) is 0 Å². The van der Waals surface area contributed by atoms with Gasteiger partial charge in [-0.3, -0.25) is 9.69 Å². The number of carbonyl (C=O) groups is 3. The number of ether oxygens (including phenoxy) is 2. The van der Waals surface area contributed by atoms with Crippen molar-refractivity contribution >= 4 is 28.5 Å². The lowest BCUT2D eigenvalue weighted by molar-refractivity contribution is -0.142. The highest BCUT2D eigenvalue weighted by Gasteiger charge is 2.60. The number of fused-ring (bicyclic) bond motifs is 2. The fourth-order valence-corrected chi connectivity index (χ4v) is 3.70. The van der Waals surface area contributed by atoms with Gasteiger partial charge in [-0.1, -0.05) is 0 Å². The Balaban J connectivity index is 2.59. The second-order valence-corrected chi connectivity index (χ2v) is 9.21. The molecule has 1 amide bonds. The molecule has 1 fully saturated rings. The van der Waals surface area contributed by atoms with E-state index in [9.17, 15) is 46.2 Å². The number of hydrogen-bond donors (Lipinski definition) is 2. The van der Waals surface area contributed by atoms with Gasteiger partial charge in [-0.05, 0) is 20.8 Å². The number of aliphatic hydroxyl groups excluding tert-OH is 2.